The molecular formula is C11H10F2N2. The van der Waals surface area contributed by atoms with Gasteiger partial charge in [0.15, 0.2) is 0 Å². The zero-order valence-corrected chi connectivity index (χ0v) is 8.14. The van der Waals surface area contributed by atoms with Crippen LogP contribution < -0.4 is 11.1 Å². The zero-order valence-electron chi connectivity index (χ0n) is 8.14. The highest BCUT2D eigenvalue weighted by Crippen LogP contribution is 2.32. The minimum Gasteiger partial charge on any atom is -0.398 e. The minimum atomic E-state index is -0.639. The van der Waals surface area contributed by atoms with E-state index < -0.39 is 11.6 Å². The third-order valence-corrected chi connectivity index (χ3v) is 2.35. The molecule has 0 amide bonds. The van der Waals surface area contributed by atoms with Crippen molar-refractivity contribution in [2.24, 2.45) is 0 Å². The summed E-state index contributed by atoms with van der Waals surface area (Å²) in [5.41, 5.74) is 6.21. The fraction of sp³-hybridized carbons (Fsp3) is 0.0909. The van der Waals surface area contributed by atoms with Gasteiger partial charge in [0, 0.05) is 29.6 Å². The molecule has 0 heterocycles. The second kappa shape index (κ2) is 3.38. The van der Waals surface area contributed by atoms with Gasteiger partial charge in [-0.15, -0.1) is 0 Å². The van der Waals surface area contributed by atoms with Gasteiger partial charge in [-0.05, 0) is 6.07 Å². The second-order valence-electron chi connectivity index (χ2n) is 3.24. The Balaban J connectivity index is 2.96. The number of hydrogen-bond donors (Lipinski definition) is 2. The predicted octanol–water partition coefficient (Wildman–Crippen LogP) is 2.74. The molecule has 0 radical (unpaired) electrons. The summed E-state index contributed by atoms with van der Waals surface area (Å²) in [5.74, 6) is -1.26. The molecule has 0 saturated heterocycles. The molecule has 0 atom stereocenters. The van der Waals surface area contributed by atoms with E-state index in [1.54, 1.807) is 25.2 Å². The largest absolute Gasteiger partial charge is 0.398 e. The Labute approximate surface area is 85.7 Å². The Morgan fingerprint density at radius 3 is 2.60 bits per heavy atom. The van der Waals surface area contributed by atoms with Crippen molar-refractivity contribution in [2.75, 3.05) is 18.1 Å². The van der Waals surface area contributed by atoms with Crippen molar-refractivity contribution in [1.82, 2.24) is 0 Å². The number of fused-ring (bicyclic) bond motifs is 1. The van der Waals surface area contributed by atoms with Gasteiger partial charge in [-0.3, -0.25) is 0 Å². The fourth-order valence-corrected chi connectivity index (χ4v) is 1.68. The number of nitrogen functional groups attached to an aromatic ring is 1. The van der Waals surface area contributed by atoms with Gasteiger partial charge < -0.3 is 11.1 Å². The lowest BCUT2D eigenvalue weighted by Gasteiger charge is -2.09. The second-order valence-corrected chi connectivity index (χ2v) is 3.24. The summed E-state index contributed by atoms with van der Waals surface area (Å²) < 4.78 is 26.8. The highest BCUT2D eigenvalue weighted by molar-refractivity contribution is 6.01. The molecule has 2 rings (SSSR count). The van der Waals surface area contributed by atoms with Gasteiger partial charge >= 0.3 is 0 Å². The minimum absolute atomic E-state index is 0.253. The molecule has 4 heteroatoms. The van der Waals surface area contributed by atoms with Crippen LogP contribution in [0.5, 0.6) is 0 Å². The van der Waals surface area contributed by atoms with Crippen LogP contribution in [0.15, 0.2) is 24.3 Å². The molecule has 2 aromatic carbocycles. The third-order valence-electron chi connectivity index (χ3n) is 2.35. The molecule has 0 aliphatic rings. The van der Waals surface area contributed by atoms with E-state index >= 15 is 0 Å². The van der Waals surface area contributed by atoms with E-state index in [2.05, 4.69) is 5.32 Å². The van der Waals surface area contributed by atoms with Crippen molar-refractivity contribution in [3.63, 3.8) is 0 Å². The molecule has 2 nitrogen and oxygen atoms in total. The predicted molar refractivity (Wildman–Crippen MR) is 57.8 cm³/mol. The first-order valence-corrected chi connectivity index (χ1v) is 4.49. The summed E-state index contributed by atoms with van der Waals surface area (Å²) in [4.78, 5) is 0. The number of nitrogens with two attached hydrogens (primary N) is 1. The lowest BCUT2D eigenvalue weighted by Crippen LogP contribution is -1.98. The number of anilines is 2. The maximum Gasteiger partial charge on any atom is 0.149 e. The van der Waals surface area contributed by atoms with Gasteiger partial charge in [-0.1, -0.05) is 12.1 Å². The molecule has 0 aromatic heterocycles. The molecule has 3 N–H and O–H groups in total. The van der Waals surface area contributed by atoms with Crippen LogP contribution in [0.2, 0.25) is 0 Å². The summed E-state index contributed by atoms with van der Waals surface area (Å²) in [7, 11) is 1.58. The van der Waals surface area contributed by atoms with Gasteiger partial charge in [-0.2, -0.15) is 0 Å². The van der Waals surface area contributed by atoms with Crippen molar-refractivity contribution in [2.45, 2.75) is 0 Å². The van der Waals surface area contributed by atoms with E-state index in [1.165, 1.54) is 0 Å². The first-order chi connectivity index (χ1) is 7.15. The Morgan fingerprint density at radius 2 is 1.93 bits per heavy atom. The van der Waals surface area contributed by atoms with Crippen LogP contribution in [-0.2, 0) is 0 Å². The molecule has 0 aliphatic heterocycles. The van der Waals surface area contributed by atoms with Gasteiger partial charge in [0.25, 0.3) is 0 Å². The Hall–Kier alpha value is -1.84. The lowest BCUT2D eigenvalue weighted by atomic mass is 10.1. The molecule has 15 heavy (non-hydrogen) atoms. The summed E-state index contributed by atoms with van der Waals surface area (Å²) in [6.45, 7) is 0. The topological polar surface area (TPSA) is 38.0 Å². The number of rotatable bonds is 1. The smallest absolute Gasteiger partial charge is 0.149 e. The van der Waals surface area contributed by atoms with Crippen LogP contribution in [0.1, 0.15) is 0 Å². The highest BCUT2D eigenvalue weighted by Gasteiger charge is 2.12. The van der Waals surface area contributed by atoms with E-state index in [-0.39, 0.29) is 11.1 Å². The van der Waals surface area contributed by atoms with Gasteiger partial charge in [0.1, 0.15) is 11.6 Å². The number of hydrogen-bond acceptors (Lipinski definition) is 2. The third kappa shape index (κ3) is 1.38. The summed E-state index contributed by atoms with van der Waals surface area (Å²) >= 11 is 0. The zero-order chi connectivity index (χ0) is 11.0. The maximum absolute atomic E-state index is 13.5. The summed E-state index contributed by atoms with van der Waals surface area (Å²) in [5, 5.41) is 3.40. The van der Waals surface area contributed by atoms with E-state index in [0.29, 0.717) is 11.1 Å². The van der Waals surface area contributed by atoms with E-state index in [1.807, 2.05) is 0 Å². The number of halogens is 2. The maximum atomic E-state index is 13.5. The van der Waals surface area contributed by atoms with E-state index in [0.717, 1.165) is 6.07 Å². The first-order valence-electron chi connectivity index (χ1n) is 4.49. The lowest BCUT2D eigenvalue weighted by molar-refractivity contribution is 0.594. The van der Waals surface area contributed by atoms with Crippen LogP contribution in [0.4, 0.5) is 20.2 Å². The van der Waals surface area contributed by atoms with Crippen molar-refractivity contribution in [3.05, 3.63) is 35.9 Å². The molecule has 0 aliphatic carbocycles. The summed E-state index contributed by atoms with van der Waals surface area (Å²) in [6, 6.07) is 5.72. The molecular weight excluding hydrogens is 198 g/mol. The SMILES string of the molecule is CNc1c(F)cc(F)c2c(N)cccc12. The van der Waals surface area contributed by atoms with Crippen molar-refractivity contribution in [1.29, 1.82) is 0 Å². The average molecular weight is 208 g/mol. The summed E-state index contributed by atoms with van der Waals surface area (Å²) in [6.07, 6.45) is 0. The van der Waals surface area contributed by atoms with Crippen LogP contribution >= 0.6 is 0 Å². The normalized spacial score (nSPS) is 10.6. The Bertz CT molecular complexity index is 523. The van der Waals surface area contributed by atoms with Crippen LogP contribution in [0, 0.1) is 11.6 Å². The molecule has 0 fully saturated rings. The van der Waals surface area contributed by atoms with Gasteiger partial charge in [-0.25, -0.2) is 8.78 Å². The monoisotopic (exact) mass is 208 g/mol. The molecule has 2 aromatic rings. The van der Waals surface area contributed by atoms with Crippen LogP contribution in [0.25, 0.3) is 10.8 Å². The van der Waals surface area contributed by atoms with Gasteiger partial charge in [0.2, 0.25) is 0 Å². The molecule has 78 valence electrons. The van der Waals surface area contributed by atoms with E-state index in [4.69, 9.17) is 5.73 Å². The molecule has 0 saturated carbocycles. The van der Waals surface area contributed by atoms with E-state index in [9.17, 15) is 8.78 Å². The van der Waals surface area contributed by atoms with Crippen molar-refractivity contribution >= 4 is 22.1 Å². The van der Waals surface area contributed by atoms with Crippen LogP contribution in [0.3, 0.4) is 0 Å². The number of benzene rings is 2. The fourth-order valence-electron chi connectivity index (χ4n) is 1.68. The Kier molecular flexibility index (Phi) is 2.19. The molecule has 0 spiro atoms. The van der Waals surface area contributed by atoms with Crippen molar-refractivity contribution < 1.29 is 8.78 Å². The standard InChI is InChI=1S/C11H10F2N2/c1-15-11-6-3-2-4-9(14)10(6)7(12)5-8(11)13/h2-5,15H,14H2,1H3. The van der Waals surface area contributed by atoms with Crippen LogP contribution in [-0.4, -0.2) is 7.05 Å². The number of nitrogens with one attached hydrogen (secondary N) is 1. The Morgan fingerprint density at radius 1 is 1.20 bits per heavy atom. The van der Waals surface area contributed by atoms with Crippen molar-refractivity contribution in [3.8, 4) is 0 Å². The molecule has 0 bridgehead atoms. The highest BCUT2D eigenvalue weighted by atomic mass is 19.1. The molecule has 0 unspecified atom stereocenters. The first kappa shape index (κ1) is 9.71. The average Bonchev–Trinajstić information content (AvgIpc) is 2.17. The van der Waals surface area contributed by atoms with Gasteiger partial charge in [0.05, 0.1) is 5.69 Å². The quantitative estimate of drug-likeness (QED) is 0.707.